The molecule has 1 aromatic rings. The van der Waals surface area contributed by atoms with Gasteiger partial charge in [-0.3, -0.25) is 14.4 Å². The van der Waals surface area contributed by atoms with E-state index in [4.69, 9.17) is 4.74 Å². The maximum Gasteiger partial charge on any atom is 0.305 e. The maximum atomic E-state index is 13.2. The molecule has 0 bridgehead atoms. The zero-order chi connectivity index (χ0) is 25.1. The number of allylic oxidation sites excluding steroid dienone is 2. The summed E-state index contributed by atoms with van der Waals surface area (Å²) in [6.07, 6.45) is 6.03. The average molecular weight is 471 g/mol. The fraction of sp³-hybridized carbons (Fsp3) is 0.519. The second-order valence-corrected chi connectivity index (χ2v) is 9.47. The minimum atomic E-state index is -0.786. The summed E-state index contributed by atoms with van der Waals surface area (Å²) in [6, 6.07) is 7.57. The van der Waals surface area contributed by atoms with Gasteiger partial charge in [-0.25, -0.2) is 0 Å². The number of carbonyl (C=O) groups is 3. The monoisotopic (exact) mass is 470 g/mol. The molecule has 34 heavy (non-hydrogen) atoms. The molecule has 2 amide bonds. The molecule has 0 aromatic heterocycles. The van der Waals surface area contributed by atoms with Gasteiger partial charge in [0.25, 0.3) is 0 Å². The predicted octanol–water partition coefficient (Wildman–Crippen LogP) is 3.31. The number of nitrogens with one attached hydrogen (secondary N) is 1. The predicted molar refractivity (Wildman–Crippen MR) is 132 cm³/mol. The number of amides is 2. The summed E-state index contributed by atoms with van der Waals surface area (Å²) in [6.45, 7) is 11.2. The molecule has 2 N–H and O–H groups in total. The number of esters is 1. The van der Waals surface area contributed by atoms with Crippen LogP contribution in [0.2, 0.25) is 0 Å². The van der Waals surface area contributed by atoms with E-state index < -0.39 is 11.5 Å². The molecule has 0 radical (unpaired) electrons. The van der Waals surface area contributed by atoms with Crippen LogP contribution in [-0.4, -0.2) is 52.6 Å². The Morgan fingerprint density at radius 1 is 1.24 bits per heavy atom. The summed E-state index contributed by atoms with van der Waals surface area (Å²) < 4.78 is 5.32. The first kappa shape index (κ1) is 27.3. The molecule has 1 aliphatic heterocycles. The van der Waals surface area contributed by atoms with Gasteiger partial charge < -0.3 is 20.1 Å². The number of hydrogen-bond donors (Lipinski definition) is 2. The lowest BCUT2D eigenvalue weighted by Gasteiger charge is -2.37. The Kier molecular flexibility index (Phi) is 10.5. The van der Waals surface area contributed by atoms with E-state index in [0.29, 0.717) is 32.2 Å². The Morgan fingerprint density at radius 3 is 2.59 bits per heavy atom. The number of nitrogens with zero attached hydrogens (tertiary/aromatic N) is 1. The first-order valence-electron chi connectivity index (χ1n) is 11.9. The van der Waals surface area contributed by atoms with Crippen molar-refractivity contribution in [3.05, 3.63) is 60.7 Å². The molecule has 7 heteroatoms. The normalized spacial score (nSPS) is 16.2. The lowest BCUT2D eigenvalue weighted by atomic mass is 9.92. The largest absolute Gasteiger partial charge is 0.463 e. The average Bonchev–Trinajstić information content (AvgIpc) is 2.81. The van der Waals surface area contributed by atoms with Crippen LogP contribution in [0.25, 0.3) is 0 Å². The fourth-order valence-corrected chi connectivity index (χ4v) is 4.05. The zero-order valence-electron chi connectivity index (χ0n) is 20.4. The van der Waals surface area contributed by atoms with Crippen molar-refractivity contribution in [2.75, 3.05) is 13.2 Å². The van der Waals surface area contributed by atoms with Crippen LogP contribution in [-0.2, 0) is 32.1 Å². The van der Waals surface area contributed by atoms with Crippen LogP contribution >= 0.6 is 0 Å². The van der Waals surface area contributed by atoms with Crippen LogP contribution in [0.5, 0.6) is 0 Å². The fourth-order valence-electron chi connectivity index (χ4n) is 4.05. The highest BCUT2D eigenvalue weighted by atomic mass is 16.5. The van der Waals surface area contributed by atoms with Gasteiger partial charge in [0, 0.05) is 19.4 Å². The third kappa shape index (κ3) is 8.13. The van der Waals surface area contributed by atoms with Crippen LogP contribution in [0.3, 0.4) is 0 Å². The molecule has 186 valence electrons. The molecule has 1 heterocycles. The molecule has 2 atom stereocenters. The smallest absolute Gasteiger partial charge is 0.305 e. The molecule has 2 rings (SSSR count). The highest BCUT2D eigenvalue weighted by Gasteiger charge is 2.33. The van der Waals surface area contributed by atoms with Crippen LogP contribution in [0.1, 0.15) is 57.1 Å². The molecule has 0 aliphatic carbocycles. The third-order valence-electron chi connectivity index (χ3n) is 5.97. The van der Waals surface area contributed by atoms with Gasteiger partial charge in [-0.2, -0.15) is 0 Å². The molecule has 1 aliphatic rings. The summed E-state index contributed by atoms with van der Waals surface area (Å²) in [7, 11) is 0. The molecule has 0 saturated heterocycles. The number of unbranched alkanes of at least 4 members (excludes halogenated alkanes) is 1. The Bertz CT molecular complexity index is 880. The minimum absolute atomic E-state index is 0.00788. The minimum Gasteiger partial charge on any atom is -0.463 e. The molecule has 1 aromatic carbocycles. The first-order valence-corrected chi connectivity index (χ1v) is 11.9. The first-order chi connectivity index (χ1) is 16.2. The highest BCUT2D eigenvalue weighted by Crippen LogP contribution is 2.25. The number of hydrogen-bond acceptors (Lipinski definition) is 5. The van der Waals surface area contributed by atoms with Crippen molar-refractivity contribution in [1.29, 1.82) is 0 Å². The van der Waals surface area contributed by atoms with Crippen LogP contribution in [0, 0.1) is 5.92 Å². The molecule has 7 nitrogen and oxygen atoms in total. The van der Waals surface area contributed by atoms with Crippen molar-refractivity contribution in [2.24, 2.45) is 5.92 Å². The van der Waals surface area contributed by atoms with Crippen LogP contribution < -0.4 is 5.32 Å². The van der Waals surface area contributed by atoms with Crippen molar-refractivity contribution in [1.82, 2.24) is 10.2 Å². The van der Waals surface area contributed by atoms with Gasteiger partial charge in [-0.15, -0.1) is 13.2 Å². The second-order valence-electron chi connectivity index (χ2n) is 9.47. The van der Waals surface area contributed by atoms with Gasteiger partial charge in [0.15, 0.2) is 0 Å². The lowest BCUT2D eigenvalue weighted by molar-refractivity contribution is -0.147. The van der Waals surface area contributed by atoms with E-state index in [1.165, 1.54) is 0 Å². The molecular formula is C27H38N2O5. The second kappa shape index (κ2) is 13.1. The van der Waals surface area contributed by atoms with Gasteiger partial charge in [0.05, 0.1) is 24.1 Å². The van der Waals surface area contributed by atoms with E-state index in [1.54, 1.807) is 30.9 Å². The lowest BCUT2D eigenvalue weighted by Crippen LogP contribution is -2.51. The summed E-state index contributed by atoms with van der Waals surface area (Å²) in [5.74, 6) is -1.40. The van der Waals surface area contributed by atoms with Crippen molar-refractivity contribution >= 4 is 17.8 Å². The van der Waals surface area contributed by atoms with Crippen molar-refractivity contribution in [3.8, 4) is 0 Å². The Labute approximate surface area is 202 Å². The van der Waals surface area contributed by atoms with Gasteiger partial charge in [-0.05, 0) is 50.7 Å². The molecule has 0 unspecified atom stereocenters. The number of rotatable bonds is 13. The standard InChI is InChI=1S/C27H38N2O5/c1-5-7-8-14-25(32)34-19-27(3,4)28-26(33)21(11-6-2)16-24(31)29-17-22-13-10-9-12-20(22)15-23(29)18-30/h5-6,9-10,12-13,21,23,30H,1-2,7-8,11,14-19H2,3-4H3,(H,28,33)/t21-,23+/m1/s1. The van der Waals surface area contributed by atoms with Crippen molar-refractivity contribution < 1.29 is 24.2 Å². The van der Waals surface area contributed by atoms with Gasteiger partial charge in [-0.1, -0.05) is 36.4 Å². The number of benzene rings is 1. The third-order valence-corrected chi connectivity index (χ3v) is 5.97. The van der Waals surface area contributed by atoms with E-state index in [1.807, 2.05) is 24.3 Å². The topological polar surface area (TPSA) is 95.9 Å². The van der Waals surface area contributed by atoms with Crippen LogP contribution in [0.15, 0.2) is 49.6 Å². The summed E-state index contributed by atoms with van der Waals surface area (Å²) in [5, 5.41) is 12.8. The number of aliphatic hydroxyl groups is 1. The molecule has 0 spiro atoms. The maximum absolute atomic E-state index is 13.2. The Balaban J connectivity index is 1.98. The highest BCUT2D eigenvalue weighted by molar-refractivity contribution is 5.86. The van der Waals surface area contributed by atoms with E-state index >= 15 is 0 Å². The van der Waals surface area contributed by atoms with Crippen LogP contribution in [0.4, 0.5) is 0 Å². The van der Waals surface area contributed by atoms with Crippen molar-refractivity contribution in [2.45, 2.75) is 70.5 Å². The SMILES string of the molecule is C=CCCCC(=O)OCC(C)(C)NC(=O)[C@H](CC=C)CC(=O)N1Cc2ccccc2C[C@H]1CO. The molecular weight excluding hydrogens is 432 g/mol. The summed E-state index contributed by atoms with van der Waals surface area (Å²) in [4.78, 5) is 39.8. The van der Waals surface area contributed by atoms with Gasteiger partial charge in [0.1, 0.15) is 6.61 Å². The summed E-state index contributed by atoms with van der Waals surface area (Å²) in [5.41, 5.74) is 1.40. The van der Waals surface area contributed by atoms with E-state index in [2.05, 4.69) is 18.5 Å². The number of carbonyl (C=O) groups excluding carboxylic acids is 3. The number of aliphatic hydroxyl groups excluding tert-OH is 1. The van der Waals surface area contributed by atoms with Crippen molar-refractivity contribution in [3.63, 3.8) is 0 Å². The Morgan fingerprint density at radius 2 is 1.94 bits per heavy atom. The van der Waals surface area contributed by atoms with E-state index in [-0.39, 0.29) is 43.5 Å². The quantitative estimate of drug-likeness (QED) is 0.262. The summed E-state index contributed by atoms with van der Waals surface area (Å²) >= 11 is 0. The zero-order valence-corrected chi connectivity index (χ0v) is 20.4. The van der Waals surface area contributed by atoms with Gasteiger partial charge in [0.2, 0.25) is 11.8 Å². The molecule has 0 fully saturated rings. The molecule has 0 saturated carbocycles. The number of fused-ring (bicyclic) bond motifs is 1. The Hall–Kier alpha value is -2.93. The van der Waals surface area contributed by atoms with Gasteiger partial charge >= 0.3 is 5.97 Å². The number of ether oxygens (including phenoxy) is 1. The van der Waals surface area contributed by atoms with E-state index in [9.17, 15) is 19.5 Å². The van der Waals surface area contributed by atoms with E-state index in [0.717, 1.165) is 17.5 Å².